The third-order valence-electron chi connectivity index (χ3n) is 2.10. The second-order valence-corrected chi connectivity index (χ2v) is 5.53. The molecule has 1 rings (SSSR count). The molecule has 0 aliphatic rings. The van der Waals surface area contributed by atoms with Crippen molar-refractivity contribution in [2.24, 2.45) is 0 Å². The number of hydrogen-bond donors (Lipinski definition) is 1. The van der Waals surface area contributed by atoms with Crippen LogP contribution in [0.2, 0.25) is 0 Å². The minimum atomic E-state index is 0.630. The Morgan fingerprint density at radius 1 is 1.57 bits per heavy atom. The van der Waals surface area contributed by atoms with E-state index in [1.54, 1.807) is 0 Å². The van der Waals surface area contributed by atoms with Crippen LogP contribution in [0.15, 0.2) is 17.5 Å². The third kappa shape index (κ3) is 4.49. The average molecular weight is 229 g/mol. The summed E-state index contributed by atoms with van der Waals surface area (Å²) in [6, 6.07) is 4.98. The molecule has 0 spiro atoms. The number of nitrogens with one attached hydrogen (secondary N) is 1. The molecular weight excluding hydrogens is 210 g/mol. The fourth-order valence-electron chi connectivity index (χ4n) is 1.29. The van der Waals surface area contributed by atoms with E-state index >= 15 is 0 Å². The summed E-state index contributed by atoms with van der Waals surface area (Å²) < 4.78 is 0. The molecule has 14 heavy (non-hydrogen) atoms. The predicted molar refractivity (Wildman–Crippen MR) is 68.5 cm³/mol. The average Bonchev–Trinajstić information content (AvgIpc) is 2.69. The van der Waals surface area contributed by atoms with E-state index in [9.17, 15) is 0 Å². The molecule has 1 nitrogen and oxygen atoms in total. The molecule has 80 valence electrons. The zero-order valence-electron chi connectivity index (χ0n) is 8.95. The minimum absolute atomic E-state index is 0.630. The van der Waals surface area contributed by atoms with Gasteiger partial charge in [-0.3, -0.25) is 0 Å². The van der Waals surface area contributed by atoms with E-state index in [-0.39, 0.29) is 0 Å². The van der Waals surface area contributed by atoms with E-state index < -0.39 is 0 Å². The zero-order chi connectivity index (χ0) is 10.2. The van der Waals surface area contributed by atoms with Crippen LogP contribution in [0, 0.1) is 0 Å². The van der Waals surface area contributed by atoms with Crippen LogP contribution in [0.25, 0.3) is 0 Å². The standard InChI is InChI=1S/C11H19NS2/c1-3-6-13-9-10(12-2)8-11-5-4-7-14-11/h4-5,7,10,12H,3,6,8-9H2,1-2H3. The first kappa shape index (κ1) is 12.1. The molecule has 0 fully saturated rings. The van der Waals surface area contributed by atoms with Crippen molar-refractivity contribution >= 4 is 23.1 Å². The van der Waals surface area contributed by atoms with Gasteiger partial charge in [0.2, 0.25) is 0 Å². The maximum Gasteiger partial charge on any atom is 0.0203 e. The van der Waals surface area contributed by atoms with Gasteiger partial charge in [-0.1, -0.05) is 13.0 Å². The molecule has 1 aromatic heterocycles. The first-order chi connectivity index (χ1) is 6.86. The maximum atomic E-state index is 3.39. The Labute approximate surface area is 95.3 Å². The van der Waals surface area contributed by atoms with Gasteiger partial charge in [0.25, 0.3) is 0 Å². The molecule has 1 unspecified atom stereocenters. The van der Waals surface area contributed by atoms with Crippen LogP contribution in [-0.2, 0) is 6.42 Å². The van der Waals surface area contributed by atoms with Crippen LogP contribution < -0.4 is 5.32 Å². The van der Waals surface area contributed by atoms with Crippen LogP contribution in [-0.4, -0.2) is 24.6 Å². The van der Waals surface area contributed by atoms with Gasteiger partial charge in [0.15, 0.2) is 0 Å². The van der Waals surface area contributed by atoms with E-state index in [0.29, 0.717) is 6.04 Å². The van der Waals surface area contributed by atoms with Crippen molar-refractivity contribution in [1.29, 1.82) is 0 Å². The number of hydrogen-bond acceptors (Lipinski definition) is 3. The van der Waals surface area contributed by atoms with Crippen molar-refractivity contribution in [1.82, 2.24) is 5.32 Å². The molecule has 0 aromatic carbocycles. The fraction of sp³-hybridized carbons (Fsp3) is 0.636. The van der Waals surface area contributed by atoms with Crippen molar-refractivity contribution in [3.8, 4) is 0 Å². The van der Waals surface area contributed by atoms with Gasteiger partial charge in [-0.2, -0.15) is 11.8 Å². The lowest BCUT2D eigenvalue weighted by Gasteiger charge is -2.14. The summed E-state index contributed by atoms with van der Waals surface area (Å²) in [5, 5.41) is 5.54. The number of thiophene rings is 1. The lowest BCUT2D eigenvalue weighted by Crippen LogP contribution is -2.29. The quantitative estimate of drug-likeness (QED) is 0.721. The smallest absolute Gasteiger partial charge is 0.0203 e. The SMILES string of the molecule is CCCSCC(Cc1cccs1)NC. The summed E-state index contributed by atoms with van der Waals surface area (Å²) in [5.74, 6) is 2.50. The van der Waals surface area contributed by atoms with Crippen molar-refractivity contribution in [3.63, 3.8) is 0 Å². The topological polar surface area (TPSA) is 12.0 Å². The van der Waals surface area contributed by atoms with E-state index in [1.807, 2.05) is 23.1 Å². The zero-order valence-corrected chi connectivity index (χ0v) is 10.6. The van der Waals surface area contributed by atoms with Crippen molar-refractivity contribution < 1.29 is 0 Å². The highest BCUT2D eigenvalue weighted by molar-refractivity contribution is 7.99. The molecule has 0 amide bonds. The second kappa shape index (κ2) is 7.32. The first-order valence-electron chi connectivity index (χ1n) is 5.14. The van der Waals surface area contributed by atoms with Crippen LogP contribution >= 0.6 is 23.1 Å². The summed E-state index contributed by atoms with van der Waals surface area (Å²) in [5.41, 5.74) is 0. The molecule has 0 aliphatic heterocycles. The number of rotatable bonds is 7. The molecule has 0 radical (unpaired) electrons. The Balaban J connectivity index is 2.24. The van der Waals surface area contributed by atoms with Crippen LogP contribution in [0.1, 0.15) is 18.2 Å². The molecular formula is C11H19NS2. The van der Waals surface area contributed by atoms with Crippen LogP contribution in [0.4, 0.5) is 0 Å². The van der Waals surface area contributed by atoms with Crippen molar-refractivity contribution in [2.45, 2.75) is 25.8 Å². The lowest BCUT2D eigenvalue weighted by molar-refractivity contribution is 0.622. The van der Waals surface area contributed by atoms with Crippen LogP contribution in [0.3, 0.4) is 0 Å². The van der Waals surface area contributed by atoms with Gasteiger partial charge < -0.3 is 5.32 Å². The maximum absolute atomic E-state index is 3.39. The van der Waals surface area contributed by atoms with Gasteiger partial charge in [-0.25, -0.2) is 0 Å². The monoisotopic (exact) mass is 229 g/mol. The lowest BCUT2D eigenvalue weighted by atomic mass is 10.2. The van der Waals surface area contributed by atoms with Gasteiger partial charge in [0.1, 0.15) is 0 Å². The van der Waals surface area contributed by atoms with Gasteiger partial charge in [-0.15, -0.1) is 11.3 Å². The number of thioether (sulfide) groups is 1. The highest BCUT2D eigenvalue weighted by Crippen LogP contribution is 2.14. The Morgan fingerprint density at radius 3 is 3.00 bits per heavy atom. The largest absolute Gasteiger partial charge is 0.316 e. The Morgan fingerprint density at radius 2 is 2.43 bits per heavy atom. The minimum Gasteiger partial charge on any atom is -0.316 e. The summed E-state index contributed by atoms with van der Waals surface area (Å²) in [6.45, 7) is 2.24. The van der Waals surface area contributed by atoms with E-state index in [2.05, 4.69) is 36.8 Å². The summed E-state index contributed by atoms with van der Waals surface area (Å²) >= 11 is 3.91. The Bertz CT molecular complexity index is 221. The number of likely N-dealkylation sites (N-methyl/N-ethyl adjacent to an activating group) is 1. The second-order valence-electron chi connectivity index (χ2n) is 3.34. The van der Waals surface area contributed by atoms with E-state index in [4.69, 9.17) is 0 Å². The van der Waals surface area contributed by atoms with Crippen molar-refractivity contribution in [2.75, 3.05) is 18.6 Å². The van der Waals surface area contributed by atoms with E-state index in [1.165, 1.54) is 29.2 Å². The molecule has 1 heterocycles. The molecule has 0 saturated carbocycles. The van der Waals surface area contributed by atoms with Crippen LogP contribution in [0.5, 0.6) is 0 Å². The molecule has 0 saturated heterocycles. The first-order valence-corrected chi connectivity index (χ1v) is 7.17. The highest BCUT2D eigenvalue weighted by Gasteiger charge is 2.07. The van der Waals surface area contributed by atoms with Gasteiger partial charge in [0, 0.05) is 16.7 Å². The Kier molecular flexibility index (Phi) is 6.32. The molecule has 0 aliphatic carbocycles. The summed E-state index contributed by atoms with van der Waals surface area (Å²) in [6.07, 6.45) is 2.45. The molecule has 3 heteroatoms. The van der Waals surface area contributed by atoms with Gasteiger partial charge >= 0.3 is 0 Å². The van der Waals surface area contributed by atoms with Crippen molar-refractivity contribution in [3.05, 3.63) is 22.4 Å². The summed E-state index contributed by atoms with van der Waals surface area (Å²) in [7, 11) is 2.06. The summed E-state index contributed by atoms with van der Waals surface area (Å²) in [4.78, 5) is 1.49. The molecule has 0 bridgehead atoms. The third-order valence-corrected chi connectivity index (χ3v) is 4.34. The highest BCUT2D eigenvalue weighted by atomic mass is 32.2. The fourth-order valence-corrected chi connectivity index (χ4v) is 3.10. The normalized spacial score (nSPS) is 13.0. The molecule has 1 N–H and O–H groups in total. The molecule has 1 aromatic rings. The predicted octanol–water partition coefficient (Wildman–Crippen LogP) is 3.02. The van der Waals surface area contributed by atoms with Gasteiger partial charge in [-0.05, 0) is 37.1 Å². The Hall–Kier alpha value is 0.01000. The van der Waals surface area contributed by atoms with Gasteiger partial charge in [0.05, 0.1) is 0 Å². The molecule has 1 atom stereocenters. The van der Waals surface area contributed by atoms with E-state index in [0.717, 1.165) is 0 Å².